The second kappa shape index (κ2) is 10.9. The van der Waals surface area contributed by atoms with Crippen molar-refractivity contribution < 1.29 is 14.3 Å². The number of amides is 3. The first-order valence-electron chi connectivity index (χ1n) is 9.70. The zero-order chi connectivity index (χ0) is 19.6. The van der Waals surface area contributed by atoms with Crippen LogP contribution in [0, 0.1) is 0 Å². The van der Waals surface area contributed by atoms with Crippen LogP contribution in [0.25, 0.3) is 0 Å². The van der Waals surface area contributed by atoms with Crippen molar-refractivity contribution in [2.45, 2.75) is 38.7 Å². The normalized spacial score (nSPS) is 16.4. The number of nitrogens with zero attached hydrogens (tertiary/aromatic N) is 2. The minimum atomic E-state index is -0.149. The molecule has 7 heteroatoms. The Labute approximate surface area is 162 Å². The molecule has 1 aromatic rings. The van der Waals surface area contributed by atoms with E-state index in [4.69, 9.17) is 4.74 Å². The molecule has 1 fully saturated rings. The second-order valence-electron chi connectivity index (χ2n) is 7.19. The highest BCUT2D eigenvalue weighted by molar-refractivity contribution is 5.93. The van der Waals surface area contributed by atoms with E-state index in [2.05, 4.69) is 15.5 Å². The molecule has 0 saturated carbocycles. The zero-order valence-corrected chi connectivity index (χ0v) is 16.7. The summed E-state index contributed by atoms with van der Waals surface area (Å²) in [5.41, 5.74) is 1.35. The van der Waals surface area contributed by atoms with Gasteiger partial charge in [0.1, 0.15) is 0 Å². The molecule has 2 rings (SSSR count). The van der Waals surface area contributed by atoms with Gasteiger partial charge >= 0.3 is 6.03 Å². The van der Waals surface area contributed by atoms with Gasteiger partial charge in [0.05, 0.1) is 6.10 Å². The van der Waals surface area contributed by atoms with Crippen LogP contribution in [0.3, 0.4) is 0 Å². The predicted molar refractivity (Wildman–Crippen MR) is 108 cm³/mol. The highest BCUT2D eigenvalue weighted by Gasteiger charge is 2.22. The molecule has 1 atom stereocenters. The third-order valence-corrected chi connectivity index (χ3v) is 4.43. The van der Waals surface area contributed by atoms with Gasteiger partial charge in [0.25, 0.3) is 0 Å². The van der Waals surface area contributed by atoms with Gasteiger partial charge in [-0.2, -0.15) is 0 Å². The van der Waals surface area contributed by atoms with Crippen molar-refractivity contribution in [2.24, 2.45) is 0 Å². The number of anilines is 2. The Morgan fingerprint density at radius 3 is 2.56 bits per heavy atom. The maximum absolute atomic E-state index is 12.8. The fourth-order valence-corrected chi connectivity index (χ4v) is 2.96. The minimum absolute atomic E-state index is 0.0213. The lowest BCUT2D eigenvalue weighted by atomic mass is 10.2. The minimum Gasteiger partial charge on any atom is -0.376 e. The zero-order valence-electron chi connectivity index (χ0n) is 16.7. The number of likely N-dealkylation sites (N-methyl/N-ethyl adjacent to an activating group) is 1. The number of urea groups is 1. The van der Waals surface area contributed by atoms with Crippen LogP contribution < -0.4 is 10.6 Å². The smallest absolute Gasteiger partial charge is 0.321 e. The van der Waals surface area contributed by atoms with E-state index in [0.717, 1.165) is 32.4 Å². The number of ether oxygens (including phenoxy) is 1. The number of hydrogen-bond acceptors (Lipinski definition) is 4. The maximum atomic E-state index is 12.8. The molecule has 150 valence electrons. The summed E-state index contributed by atoms with van der Waals surface area (Å²) < 4.78 is 5.69. The quantitative estimate of drug-likeness (QED) is 0.695. The van der Waals surface area contributed by atoms with E-state index >= 15 is 0 Å². The van der Waals surface area contributed by atoms with E-state index < -0.39 is 0 Å². The molecule has 2 N–H and O–H groups in total. The first kappa shape index (κ1) is 21.2. The molecule has 0 spiro atoms. The van der Waals surface area contributed by atoms with Crippen LogP contribution >= 0.6 is 0 Å². The van der Waals surface area contributed by atoms with E-state index in [-0.39, 0.29) is 18.0 Å². The number of carbonyl (C=O) groups is 2. The van der Waals surface area contributed by atoms with Gasteiger partial charge in [0, 0.05) is 44.0 Å². The summed E-state index contributed by atoms with van der Waals surface area (Å²) in [5, 5.41) is 5.80. The average Bonchev–Trinajstić information content (AvgIpc) is 3.12. The number of rotatable bonds is 9. The SMILES string of the molecule is CCCC(=O)Nc1cccc(NC(=O)N(CCN(C)C)CC2CCCO2)c1. The molecule has 1 aliphatic rings. The Bertz CT molecular complexity index is 615. The molecule has 27 heavy (non-hydrogen) atoms. The third-order valence-electron chi connectivity index (χ3n) is 4.43. The van der Waals surface area contributed by atoms with Crippen molar-refractivity contribution >= 4 is 23.3 Å². The molecule has 0 radical (unpaired) electrons. The van der Waals surface area contributed by atoms with Crippen LogP contribution in [-0.4, -0.2) is 68.2 Å². The summed E-state index contributed by atoms with van der Waals surface area (Å²) in [6.07, 6.45) is 3.43. The van der Waals surface area contributed by atoms with Crippen LogP contribution in [-0.2, 0) is 9.53 Å². The Kier molecular flexibility index (Phi) is 8.54. The molecular formula is C20H32N4O3. The highest BCUT2D eigenvalue weighted by Crippen LogP contribution is 2.18. The van der Waals surface area contributed by atoms with Crippen LogP contribution in [0.1, 0.15) is 32.6 Å². The lowest BCUT2D eigenvalue weighted by Gasteiger charge is -2.27. The van der Waals surface area contributed by atoms with Crippen LogP contribution in [0.15, 0.2) is 24.3 Å². The summed E-state index contributed by atoms with van der Waals surface area (Å²) in [6, 6.07) is 7.09. The largest absolute Gasteiger partial charge is 0.376 e. The summed E-state index contributed by atoms with van der Waals surface area (Å²) >= 11 is 0. The van der Waals surface area contributed by atoms with Crippen molar-refractivity contribution in [3.05, 3.63) is 24.3 Å². The molecule has 1 saturated heterocycles. The molecule has 0 aromatic heterocycles. The first-order valence-corrected chi connectivity index (χ1v) is 9.70. The average molecular weight is 377 g/mol. The van der Waals surface area contributed by atoms with Gasteiger partial charge in [0.15, 0.2) is 0 Å². The molecule has 1 unspecified atom stereocenters. The molecule has 1 aliphatic heterocycles. The first-order chi connectivity index (χ1) is 13.0. The van der Waals surface area contributed by atoms with Crippen molar-refractivity contribution in [2.75, 3.05) is 51.0 Å². The fourth-order valence-electron chi connectivity index (χ4n) is 2.96. The Hall–Kier alpha value is -2.12. The Balaban J connectivity index is 1.98. The van der Waals surface area contributed by atoms with Gasteiger partial charge in [0.2, 0.25) is 5.91 Å². The topological polar surface area (TPSA) is 73.9 Å². The van der Waals surface area contributed by atoms with Crippen LogP contribution in [0.5, 0.6) is 0 Å². The number of benzene rings is 1. The molecule has 7 nitrogen and oxygen atoms in total. The van der Waals surface area contributed by atoms with Crippen LogP contribution in [0.4, 0.5) is 16.2 Å². The standard InChI is InChI=1S/C20H32N4O3/c1-4-7-19(25)21-16-8-5-9-17(14-16)22-20(26)24(12-11-23(2)3)15-18-10-6-13-27-18/h5,8-9,14,18H,4,6-7,10-13,15H2,1-3H3,(H,21,25)(H,22,26). The summed E-state index contributed by atoms with van der Waals surface area (Å²) in [4.78, 5) is 28.4. The third kappa shape index (κ3) is 7.56. The second-order valence-corrected chi connectivity index (χ2v) is 7.19. The highest BCUT2D eigenvalue weighted by atomic mass is 16.5. The predicted octanol–water partition coefficient (Wildman–Crippen LogP) is 3.00. The number of nitrogens with one attached hydrogen (secondary N) is 2. The molecule has 3 amide bonds. The van der Waals surface area contributed by atoms with E-state index in [1.807, 2.05) is 39.2 Å². The lowest BCUT2D eigenvalue weighted by molar-refractivity contribution is -0.116. The molecule has 0 aliphatic carbocycles. The summed E-state index contributed by atoms with van der Waals surface area (Å²) in [5.74, 6) is -0.0213. The van der Waals surface area contributed by atoms with E-state index in [1.165, 1.54) is 0 Å². The molecular weight excluding hydrogens is 344 g/mol. The molecule has 1 heterocycles. The maximum Gasteiger partial charge on any atom is 0.321 e. The fraction of sp³-hybridized carbons (Fsp3) is 0.600. The van der Waals surface area contributed by atoms with Crippen molar-refractivity contribution in [3.63, 3.8) is 0 Å². The number of carbonyl (C=O) groups excluding carboxylic acids is 2. The van der Waals surface area contributed by atoms with Crippen molar-refractivity contribution in [3.8, 4) is 0 Å². The number of hydrogen-bond donors (Lipinski definition) is 2. The molecule has 1 aromatic carbocycles. The van der Waals surface area contributed by atoms with Crippen molar-refractivity contribution in [1.82, 2.24) is 9.80 Å². The molecule has 0 bridgehead atoms. The van der Waals surface area contributed by atoms with Gasteiger partial charge in [-0.3, -0.25) is 4.79 Å². The van der Waals surface area contributed by atoms with E-state index in [0.29, 0.717) is 30.9 Å². The van der Waals surface area contributed by atoms with Crippen LogP contribution in [0.2, 0.25) is 0 Å². The van der Waals surface area contributed by atoms with Gasteiger partial charge in [-0.25, -0.2) is 4.79 Å². The Morgan fingerprint density at radius 1 is 1.19 bits per heavy atom. The summed E-state index contributed by atoms with van der Waals surface area (Å²) in [6.45, 7) is 4.74. The lowest BCUT2D eigenvalue weighted by Crippen LogP contribution is -2.43. The Morgan fingerprint density at radius 2 is 1.93 bits per heavy atom. The van der Waals surface area contributed by atoms with Gasteiger partial charge in [-0.05, 0) is 51.6 Å². The van der Waals surface area contributed by atoms with Crippen molar-refractivity contribution in [1.29, 1.82) is 0 Å². The summed E-state index contributed by atoms with van der Waals surface area (Å²) in [7, 11) is 3.98. The van der Waals surface area contributed by atoms with Gasteiger partial charge < -0.3 is 25.2 Å². The van der Waals surface area contributed by atoms with E-state index in [1.54, 1.807) is 11.0 Å². The monoisotopic (exact) mass is 376 g/mol. The van der Waals surface area contributed by atoms with Gasteiger partial charge in [-0.15, -0.1) is 0 Å². The van der Waals surface area contributed by atoms with Gasteiger partial charge in [-0.1, -0.05) is 13.0 Å². The van der Waals surface area contributed by atoms with E-state index in [9.17, 15) is 9.59 Å².